The molecule has 2 heterocycles. The summed E-state index contributed by atoms with van der Waals surface area (Å²) in [6, 6.07) is 0. The van der Waals surface area contributed by atoms with Crippen molar-refractivity contribution in [3.63, 3.8) is 0 Å². The van der Waals surface area contributed by atoms with E-state index in [1.165, 1.54) is 71.4 Å². The van der Waals surface area contributed by atoms with Gasteiger partial charge in [-0.3, -0.25) is 9.89 Å². The van der Waals surface area contributed by atoms with Crippen LogP contribution in [-0.2, 0) is 4.74 Å². The summed E-state index contributed by atoms with van der Waals surface area (Å²) < 4.78 is 5.62. The van der Waals surface area contributed by atoms with E-state index in [0.717, 1.165) is 45.4 Å². The molecule has 7 heteroatoms. The molecule has 1 saturated carbocycles. The summed E-state index contributed by atoms with van der Waals surface area (Å²) in [6.07, 6.45) is 6.64. The van der Waals surface area contributed by atoms with E-state index in [0.29, 0.717) is 5.92 Å². The lowest BCUT2D eigenvalue weighted by atomic mass is 9.80. The summed E-state index contributed by atoms with van der Waals surface area (Å²) in [4.78, 5) is 12.4. The van der Waals surface area contributed by atoms with Crippen LogP contribution >= 0.6 is 0 Å². The van der Waals surface area contributed by atoms with Crippen LogP contribution < -0.4 is 10.6 Å². The van der Waals surface area contributed by atoms with Gasteiger partial charge in [-0.2, -0.15) is 0 Å². The van der Waals surface area contributed by atoms with Crippen LogP contribution in [0, 0.1) is 5.92 Å². The third-order valence-electron chi connectivity index (χ3n) is 7.37. The van der Waals surface area contributed by atoms with Crippen molar-refractivity contribution in [2.24, 2.45) is 10.9 Å². The fraction of sp³-hybridized carbons (Fsp3) is 0.957. The molecule has 7 nitrogen and oxygen atoms in total. The zero-order valence-corrected chi connectivity index (χ0v) is 19.8. The minimum atomic E-state index is 0.268. The van der Waals surface area contributed by atoms with Crippen molar-refractivity contribution < 1.29 is 4.74 Å². The molecule has 0 radical (unpaired) electrons. The number of hydrogen-bond acceptors (Lipinski definition) is 5. The van der Waals surface area contributed by atoms with Crippen LogP contribution in [0.5, 0.6) is 0 Å². The van der Waals surface area contributed by atoms with Gasteiger partial charge in [0.05, 0.1) is 13.2 Å². The smallest absolute Gasteiger partial charge is 0.191 e. The number of nitrogens with zero attached hydrogens (tertiary/aromatic N) is 4. The monoisotopic (exact) mass is 422 g/mol. The molecular weight excluding hydrogens is 376 g/mol. The molecule has 0 bridgehead atoms. The van der Waals surface area contributed by atoms with Crippen molar-refractivity contribution in [1.29, 1.82) is 0 Å². The van der Waals surface area contributed by atoms with Crippen LogP contribution in [-0.4, -0.2) is 112 Å². The van der Waals surface area contributed by atoms with Gasteiger partial charge in [-0.1, -0.05) is 33.1 Å². The fourth-order valence-corrected chi connectivity index (χ4v) is 5.39. The van der Waals surface area contributed by atoms with Crippen LogP contribution in [0.25, 0.3) is 0 Å². The van der Waals surface area contributed by atoms with E-state index in [-0.39, 0.29) is 5.54 Å². The van der Waals surface area contributed by atoms with E-state index < -0.39 is 0 Å². The van der Waals surface area contributed by atoms with E-state index >= 15 is 0 Å². The van der Waals surface area contributed by atoms with Crippen LogP contribution in [0.4, 0.5) is 0 Å². The van der Waals surface area contributed by atoms with E-state index in [1.54, 1.807) is 0 Å². The minimum absolute atomic E-state index is 0.268. The summed E-state index contributed by atoms with van der Waals surface area (Å²) in [7, 11) is 1.90. The van der Waals surface area contributed by atoms with Gasteiger partial charge in [-0.15, -0.1) is 0 Å². The van der Waals surface area contributed by atoms with Gasteiger partial charge in [0.25, 0.3) is 0 Å². The Hall–Kier alpha value is -0.890. The summed E-state index contributed by atoms with van der Waals surface area (Å²) in [6.45, 7) is 17.6. The molecular formula is C23H46N6O. The maximum absolute atomic E-state index is 5.62. The first-order valence-corrected chi connectivity index (χ1v) is 12.4. The molecule has 0 spiro atoms. The van der Waals surface area contributed by atoms with Gasteiger partial charge in [0, 0.05) is 71.5 Å². The van der Waals surface area contributed by atoms with Crippen molar-refractivity contribution in [2.75, 3.05) is 85.7 Å². The largest absolute Gasteiger partial charge is 0.379 e. The molecule has 1 atom stereocenters. The molecule has 1 unspecified atom stereocenters. The summed E-state index contributed by atoms with van der Waals surface area (Å²) in [5.41, 5.74) is 0.268. The van der Waals surface area contributed by atoms with Gasteiger partial charge in [0.1, 0.15) is 0 Å². The molecule has 0 aromatic heterocycles. The highest BCUT2D eigenvalue weighted by molar-refractivity contribution is 5.79. The second-order valence-corrected chi connectivity index (χ2v) is 9.53. The Kier molecular flexibility index (Phi) is 9.68. The first-order chi connectivity index (χ1) is 14.6. The second-order valence-electron chi connectivity index (χ2n) is 9.53. The van der Waals surface area contributed by atoms with Crippen molar-refractivity contribution >= 4 is 5.96 Å². The zero-order chi connectivity index (χ0) is 21.2. The molecule has 30 heavy (non-hydrogen) atoms. The van der Waals surface area contributed by atoms with Crippen molar-refractivity contribution in [1.82, 2.24) is 25.3 Å². The van der Waals surface area contributed by atoms with Crippen molar-refractivity contribution in [2.45, 2.75) is 51.5 Å². The Balaban J connectivity index is 1.43. The number of likely N-dealkylation sites (N-methyl/N-ethyl adjacent to an activating group) is 1. The first kappa shape index (κ1) is 23.8. The van der Waals surface area contributed by atoms with E-state index in [2.05, 4.69) is 44.2 Å². The molecule has 0 aromatic rings. The third-order valence-corrected chi connectivity index (χ3v) is 7.37. The van der Waals surface area contributed by atoms with E-state index in [4.69, 9.17) is 4.74 Å². The number of guanidine groups is 1. The maximum Gasteiger partial charge on any atom is 0.191 e. The number of nitrogens with one attached hydrogen (secondary N) is 2. The quantitative estimate of drug-likeness (QED) is 0.456. The SMILES string of the molecule is CCN1CCN(CC(C)CNC(=NC)NCC2(N3CCOCC3)CCCCC2)CC1. The predicted molar refractivity (Wildman–Crippen MR) is 125 cm³/mol. The molecule has 0 amide bonds. The topological polar surface area (TPSA) is 55.4 Å². The maximum atomic E-state index is 5.62. The Morgan fingerprint density at radius 2 is 1.63 bits per heavy atom. The summed E-state index contributed by atoms with van der Waals surface area (Å²) in [5.74, 6) is 1.57. The Bertz CT molecular complexity index is 508. The number of piperazine rings is 1. The molecule has 1 aliphatic carbocycles. The number of aliphatic imine (C=N–C) groups is 1. The van der Waals surface area contributed by atoms with Crippen LogP contribution in [0.1, 0.15) is 46.0 Å². The highest BCUT2D eigenvalue weighted by atomic mass is 16.5. The van der Waals surface area contributed by atoms with E-state index in [1.807, 2.05) is 7.05 Å². The predicted octanol–water partition coefficient (Wildman–Crippen LogP) is 1.46. The van der Waals surface area contributed by atoms with Crippen LogP contribution in [0.2, 0.25) is 0 Å². The van der Waals surface area contributed by atoms with Gasteiger partial charge >= 0.3 is 0 Å². The normalized spacial score (nSPS) is 25.8. The third kappa shape index (κ3) is 6.81. The number of ether oxygens (including phenoxy) is 1. The van der Waals surface area contributed by atoms with Crippen LogP contribution in [0.3, 0.4) is 0 Å². The van der Waals surface area contributed by atoms with Gasteiger partial charge < -0.3 is 25.2 Å². The lowest BCUT2D eigenvalue weighted by molar-refractivity contribution is -0.0352. The Labute approximate surface area is 184 Å². The Morgan fingerprint density at radius 3 is 2.27 bits per heavy atom. The van der Waals surface area contributed by atoms with Crippen LogP contribution in [0.15, 0.2) is 4.99 Å². The van der Waals surface area contributed by atoms with E-state index in [9.17, 15) is 0 Å². The number of morpholine rings is 1. The average molecular weight is 423 g/mol. The molecule has 3 rings (SSSR count). The molecule has 3 fully saturated rings. The first-order valence-electron chi connectivity index (χ1n) is 12.4. The van der Waals surface area contributed by atoms with Gasteiger partial charge in [0.2, 0.25) is 0 Å². The minimum Gasteiger partial charge on any atom is -0.379 e. The van der Waals surface area contributed by atoms with Gasteiger partial charge in [-0.05, 0) is 25.3 Å². The molecule has 2 saturated heterocycles. The standard InChI is InChI=1S/C23H46N6O/c1-4-27-10-12-28(13-11-27)19-21(2)18-25-22(24-3)26-20-23(8-6-5-7-9-23)29-14-16-30-17-15-29/h21H,4-20H2,1-3H3,(H2,24,25,26). The Morgan fingerprint density at radius 1 is 0.967 bits per heavy atom. The fourth-order valence-electron chi connectivity index (χ4n) is 5.39. The highest BCUT2D eigenvalue weighted by Crippen LogP contribution is 2.33. The average Bonchev–Trinajstić information content (AvgIpc) is 2.81. The molecule has 2 N–H and O–H groups in total. The van der Waals surface area contributed by atoms with Crippen molar-refractivity contribution in [3.05, 3.63) is 0 Å². The molecule has 174 valence electrons. The second kappa shape index (κ2) is 12.2. The van der Waals surface area contributed by atoms with Crippen molar-refractivity contribution in [3.8, 4) is 0 Å². The summed E-state index contributed by atoms with van der Waals surface area (Å²) >= 11 is 0. The molecule has 2 aliphatic heterocycles. The lowest BCUT2D eigenvalue weighted by Crippen LogP contribution is -2.60. The van der Waals surface area contributed by atoms with Gasteiger partial charge in [-0.25, -0.2) is 0 Å². The lowest BCUT2D eigenvalue weighted by Gasteiger charge is -2.48. The number of hydrogen-bond donors (Lipinski definition) is 2. The highest BCUT2D eigenvalue weighted by Gasteiger charge is 2.38. The molecule has 0 aromatic carbocycles. The zero-order valence-electron chi connectivity index (χ0n) is 19.8. The molecule has 3 aliphatic rings. The summed E-state index contributed by atoms with van der Waals surface area (Å²) in [5, 5.41) is 7.28. The number of rotatable bonds is 8. The van der Waals surface area contributed by atoms with Gasteiger partial charge in [0.15, 0.2) is 5.96 Å².